The van der Waals surface area contributed by atoms with Crippen molar-refractivity contribution in [3.05, 3.63) is 64.7 Å². The van der Waals surface area contributed by atoms with Gasteiger partial charge < -0.3 is 19.1 Å². The molecule has 2 atom stereocenters. The third-order valence-corrected chi connectivity index (χ3v) is 9.97. The topological polar surface area (TPSA) is 85.4 Å². The van der Waals surface area contributed by atoms with E-state index in [4.69, 9.17) is 14.2 Å². The Morgan fingerprint density at radius 3 is 2.51 bits per heavy atom. The molecule has 1 spiro atoms. The van der Waals surface area contributed by atoms with Crippen LogP contribution in [-0.2, 0) is 25.2 Å². The Bertz CT molecular complexity index is 1260. The molecule has 1 amide bonds. The molecule has 0 saturated carbocycles. The Morgan fingerprint density at radius 2 is 1.81 bits per heavy atom. The molecule has 8 nitrogen and oxygen atoms in total. The average molecular weight is 529 g/mol. The summed E-state index contributed by atoms with van der Waals surface area (Å²) in [6.07, 6.45) is 1.78. The van der Waals surface area contributed by atoms with E-state index in [0.29, 0.717) is 49.7 Å². The number of likely N-dealkylation sites (tertiary alicyclic amines) is 1. The smallest absolute Gasteiger partial charge is 0.254 e. The zero-order valence-electron chi connectivity index (χ0n) is 21.8. The van der Waals surface area contributed by atoms with E-state index < -0.39 is 10.0 Å². The Hall–Kier alpha value is -2.46. The summed E-state index contributed by atoms with van der Waals surface area (Å²) in [5.41, 5.74) is 3.08. The van der Waals surface area contributed by atoms with Crippen LogP contribution in [-0.4, -0.2) is 81.2 Å². The second-order valence-corrected chi connectivity index (χ2v) is 12.4. The summed E-state index contributed by atoms with van der Waals surface area (Å²) >= 11 is 0. The van der Waals surface area contributed by atoms with E-state index in [0.717, 1.165) is 30.4 Å². The molecule has 2 unspecified atom stereocenters. The molecule has 0 N–H and O–H groups in total. The van der Waals surface area contributed by atoms with Crippen molar-refractivity contribution in [1.82, 2.24) is 9.21 Å². The maximum absolute atomic E-state index is 13.3. The Balaban J connectivity index is 1.26. The van der Waals surface area contributed by atoms with Crippen molar-refractivity contribution in [1.29, 1.82) is 0 Å². The summed E-state index contributed by atoms with van der Waals surface area (Å²) in [5, 5.41) is 0. The molecular formula is C28H36N2O6S. The molecule has 3 aliphatic rings. The number of carbonyl (C=O) groups is 1. The third-order valence-electron chi connectivity index (χ3n) is 8.03. The Labute approximate surface area is 219 Å². The molecule has 2 aromatic rings. The van der Waals surface area contributed by atoms with E-state index in [1.54, 1.807) is 22.4 Å². The monoisotopic (exact) mass is 528 g/mol. The van der Waals surface area contributed by atoms with Crippen LogP contribution >= 0.6 is 0 Å². The van der Waals surface area contributed by atoms with Gasteiger partial charge in [-0.05, 0) is 62.4 Å². The standard InChI is InChI=1S/C28H36N2O6S/c1-20-7-8-21(2)24(15-20)27(31)29-17-25(34-3)26(18-29)36-23-6-4-5-22(16-23)19-37(32,33)30-12-9-28(30)10-13-35-14-11-28/h4-8,15-16,25-26H,9-14,17-19H2,1-3H3. The number of sulfonamides is 1. The lowest BCUT2D eigenvalue weighted by Gasteiger charge is -2.53. The minimum Gasteiger partial charge on any atom is -0.486 e. The summed E-state index contributed by atoms with van der Waals surface area (Å²) in [5.74, 6) is 0.471. The highest BCUT2D eigenvalue weighted by atomic mass is 32.2. The van der Waals surface area contributed by atoms with Crippen LogP contribution < -0.4 is 4.74 Å². The number of aryl methyl sites for hydroxylation is 2. The van der Waals surface area contributed by atoms with E-state index in [1.807, 2.05) is 50.2 Å². The van der Waals surface area contributed by atoms with Crippen LogP contribution in [0.4, 0.5) is 0 Å². The van der Waals surface area contributed by atoms with Gasteiger partial charge >= 0.3 is 0 Å². The number of carbonyl (C=O) groups excluding carboxylic acids is 1. The van der Waals surface area contributed by atoms with Gasteiger partial charge in [-0.2, -0.15) is 4.31 Å². The number of rotatable bonds is 7. The SMILES string of the molecule is COC1CN(C(=O)c2cc(C)ccc2C)CC1Oc1cccc(CS(=O)(=O)N2CCC23CCOCC3)c1. The predicted octanol–water partition coefficient (Wildman–Crippen LogP) is 3.31. The lowest BCUT2D eigenvalue weighted by Crippen LogP contribution is -2.64. The normalized spacial score (nSPS) is 23.7. The minimum absolute atomic E-state index is 0.0363. The first-order valence-corrected chi connectivity index (χ1v) is 14.5. The molecule has 9 heteroatoms. The maximum Gasteiger partial charge on any atom is 0.254 e. The van der Waals surface area contributed by atoms with Gasteiger partial charge in [0.05, 0.1) is 18.8 Å². The maximum atomic E-state index is 13.3. The van der Waals surface area contributed by atoms with Crippen LogP contribution in [0.5, 0.6) is 5.75 Å². The van der Waals surface area contributed by atoms with Gasteiger partial charge in [0.2, 0.25) is 10.0 Å². The number of benzene rings is 2. The van der Waals surface area contributed by atoms with Gasteiger partial charge in [0.25, 0.3) is 5.91 Å². The van der Waals surface area contributed by atoms with Crippen molar-refractivity contribution < 1.29 is 27.4 Å². The predicted molar refractivity (Wildman–Crippen MR) is 140 cm³/mol. The van der Waals surface area contributed by atoms with Crippen molar-refractivity contribution in [2.75, 3.05) is 40.0 Å². The van der Waals surface area contributed by atoms with Crippen LogP contribution in [0, 0.1) is 13.8 Å². The second kappa shape index (κ2) is 10.4. The van der Waals surface area contributed by atoms with Crippen molar-refractivity contribution in [2.45, 2.75) is 56.6 Å². The van der Waals surface area contributed by atoms with Crippen molar-refractivity contribution in [2.24, 2.45) is 0 Å². The number of hydrogen-bond acceptors (Lipinski definition) is 6. The fraction of sp³-hybridized carbons (Fsp3) is 0.536. The summed E-state index contributed by atoms with van der Waals surface area (Å²) < 4.78 is 45.7. The summed E-state index contributed by atoms with van der Waals surface area (Å²) in [7, 11) is -1.84. The molecule has 2 aromatic carbocycles. The molecule has 0 radical (unpaired) electrons. The van der Waals surface area contributed by atoms with Crippen molar-refractivity contribution in [3.63, 3.8) is 0 Å². The largest absolute Gasteiger partial charge is 0.486 e. The fourth-order valence-electron chi connectivity index (χ4n) is 5.76. The first-order chi connectivity index (χ1) is 17.7. The number of methoxy groups -OCH3 is 1. The molecule has 3 aliphatic heterocycles. The van der Waals surface area contributed by atoms with Crippen molar-refractivity contribution in [3.8, 4) is 5.75 Å². The number of ether oxygens (including phenoxy) is 3. The number of nitrogens with zero attached hydrogens (tertiary/aromatic N) is 2. The van der Waals surface area contributed by atoms with Gasteiger partial charge in [-0.3, -0.25) is 4.79 Å². The molecule has 0 aliphatic carbocycles. The van der Waals surface area contributed by atoms with Crippen LogP contribution in [0.3, 0.4) is 0 Å². The van der Waals surface area contributed by atoms with E-state index in [-0.39, 0.29) is 29.4 Å². The molecule has 0 bridgehead atoms. The minimum atomic E-state index is -3.46. The van der Waals surface area contributed by atoms with Gasteiger partial charge in [-0.25, -0.2) is 8.42 Å². The zero-order valence-corrected chi connectivity index (χ0v) is 22.6. The Kier molecular flexibility index (Phi) is 7.33. The molecular weight excluding hydrogens is 492 g/mol. The fourth-order valence-corrected chi connectivity index (χ4v) is 7.75. The lowest BCUT2D eigenvalue weighted by atomic mass is 9.81. The van der Waals surface area contributed by atoms with Crippen LogP contribution in [0.1, 0.15) is 46.3 Å². The van der Waals surface area contributed by atoms with Crippen molar-refractivity contribution >= 4 is 15.9 Å². The highest BCUT2D eigenvalue weighted by Crippen LogP contribution is 2.42. The third kappa shape index (κ3) is 5.27. The van der Waals surface area contributed by atoms with E-state index in [9.17, 15) is 13.2 Å². The molecule has 37 heavy (non-hydrogen) atoms. The highest BCUT2D eigenvalue weighted by Gasteiger charge is 2.51. The van der Waals surface area contributed by atoms with Crippen LogP contribution in [0.2, 0.25) is 0 Å². The van der Waals surface area contributed by atoms with E-state index in [1.165, 1.54) is 0 Å². The number of hydrogen-bond donors (Lipinski definition) is 0. The first-order valence-electron chi connectivity index (χ1n) is 12.9. The first kappa shape index (κ1) is 26.2. The summed E-state index contributed by atoms with van der Waals surface area (Å²) in [6, 6.07) is 13.1. The quantitative estimate of drug-likeness (QED) is 0.548. The average Bonchev–Trinajstić information content (AvgIpc) is 3.27. The molecule has 3 saturated heterocycles. The van der Waals surface area contributed by atoms with Crippen LogP contribution in [0.25, 0.3) is 0 Å². The highest BCUT2D eigenvalue weighted by molar-refractivity contribution is 7.88. The summed E-state index contributed by atoms with van der Waals surface area (Å²) in [4.78, 5) is 15.0. The van der Waals surface area contributed by atoms with Gasteiger partial charge in [-0.1, -0.05) is 29.8 Å². The molecule has 0 aromatic heterocycles. The Morgan fingerprint density at radius 1 is 1.05 bits per heavy atom. The lowest BCUT2D eigenvalue weighted by molar-refractivity contribution is -0.0426. The van der Waals surface area contributed by atoms with E-state index >= 15 is 0 Å². The molecule has 3 fully saturated rings. The van der Waals surface area contributed by atoms with Gasteiger partial charge in [0, 0.05) is 38.0 Å². The molecule has 3 heterocycles. The second-order valence-electron chi connectivity index (χ2n) is 10.5. The van der Waals surface area contributed by atoms with Gasteiger partial charge in [-0.15, -0.1) is 0 Å². The van der Waals surface area contributed by atoms with Gasteiger partial charge in [0.1, 0.15) is 18.0 Å². The zero-order chi connectivity index (χ0) is 26.2. The number of amides is 1. The molecule has 5 rings (SSSR count). The van der Waals surface area contributed by atoms with Crippen LogP contribution in [0.15, 0.2) is 42.5 Å². The van der Waals surface area contributed by atoms with E-state index in [2.05, 4.69) is 0 Å². The summed E-state index contributed by atoms with van der Waals surface area (Å²) in [6.45, 7) is 6.53. The van der Waals surface area contributed by atoms with Gasteiger partial charge in [0.15, 0.2) is 0 Å². The molecule has 200 valence electrons.